The van der Waals surface area contributed by atoms with Crippen molar-refractivity contribution in [2.45, 2.75) is 45.6 Å². The molecule has 0 unspecified atom stereocenters. The minimum Gasteiger partial charge on any atom is -0.323 e. The molecule has 1 aliphatic heterocycles. The largest absolute Gasteiger partial charge is 0.325 e. The molecule has 8 heteroatoms. The zero-order valence-corrected chi connectivity index (χ0v) is 18.0. The monoisotopic (exact) mass is 414 g/mol. The molecule has 0 radical (unpaired) electrons. The van der Waals surface area contributed by atoms with Gasteiger partial charge in [0.05, 0.1) is 10.2 Å². The molecule has 1 aliphatic carbocycles. The van der Waals surface area contributed by atoms with Crippen molar-refractivity contribution in [2.24, 2.45) is 23.4 Å². The van der Waals surface area contributed by atoms with Crippen LogP contribution >= 0.6 is 11.3 Å². The third-order valence-corrected chi connectivity index (χ3v) is 6.97. The number of aromatic nitrogens is 1. The number of carbonyl (C=O) groups is 3. The summed E-state index contributed by atoms with van der Waals surface area (Å²) >= 11 is 1.40. The minimum atomic E-state index is -0.902. The number of rotatable bonds is 2. The van der Waals surface area contributed by atoms with E-state index in [9.17, 15) is 14.4 Å². The average molecular weight is 415 g/mol. The maximum atomic E-state index is 13.2. The Kier molecular flexibility index (Phi) is 4.64. The summed E-state index contributed by atoms with van der Waals surface area (Å²) in [6.45, 7) is 6.01. The first-order valence-corrected chi connectivity index (χ1v) is 10.7. The number of nitrogens with zero attached hydrogens (tertiary/aromatic N) is 3. The molecule has 2 aromatic rings. The van der Waals surface area contributed by atoms with Gasteiger partial charge in [0, 0.05) is 7.05 Å². The Morgan fingerprint density at radius 1 is 1.28 bits per heavy atom. The van der Waals surface area contributed by atoms with Gasteiger partial charge in [-0.25, -0.2) is 4.79 Å². The Bertz CT molecular complexity index is 1080. The molecule has 2 heterocycles. The summed E-state index contributed by atoms with van der Waals surface area (Å²) in [5, 5.41) is 2.90. The maximum absolute atomic E-state index is 13.2. The van der Waals surface area contributed by atoms with Crippen LogP contribution in [0, 0.1) is 11.3 Å². The highest BCUT2D eigenvalue weighted by molar-refractivity contribution is 7.16. The molecule has 29 heavy (non-hydrogen) atoms. The fraction of sp³-hybridized carbons (Fsp3) is 0.524. The lowest BCUT2D eigenvalue weighted by molar-refractivity contribution is -0.137. The lowest BCUT2D eigenvalue weighted by atomic mass is 9.64. The molecule has 1 N–H and O–H groups in total. The number of nitrogens with one attached hydrogen (secondary N) is 1. The predicted octanol–water partition coefficient (Wildman–Crippen LogP) is 2.80. The summed E-state index contributed by atoms with van der Waals surface area (Å²) in [5.41, 5.74) is 0.0350. The van der Waals surface area contributed by atoms with Crippen molar-refractivity contribution in [2.75, 3.05) is 6.54 Å². The van der Waals surface area contributed by atoms with Crippen molar-refractivity contribution in [3.8, 4) is 0 Å². The van der Waals surface area contributed by atoms with Crippen LogP contribution in [-0.4, -0.2) is 39.4 Å². The van der Waals surface area contributed by atoms with Gasteiger partial charge in [-0.15, -0.1) is 0 Å². The van der Waals surface area contributed by atoms with Crippen molar-refractivity contribution in [3.05, 3.63) is 29.1 Å². The number of aryl methyl sites for hydroxylation is 1. The summed E-state index contributed by atoms with van der Waals surface area (Å²) in [5.74, 6) is -0.483. The number of hydrogen-bond acceptors (Lipinski definition) is 4. The normalized spacial score (nSPS) is 27.1. The summed E-state index contributed by atoms with van der Waals surface area (Å²) in [4.78, 5) is 44.1. The summed E-state index contributed by atoms with van der Waals surface area (Å²) in [6.07, 6.45) is 2.20. The van der Waals surface area contributed by atoms with Crippen LogP contribution in [0.1, 0.15) is 40.0 Å². The Morgan fingerprint density at radius 2 is 2.00 bits per heavy atom. The van der Waals surface area contributed by atoms with Crippen molar-refractivity contribution in [1.29, 1.82) is 0 Å². The Morgan fingerprint density at radius 3 is 2.69 bits per heavy atom. The smallest absolute Gasteiger partial charge is 0.323 e. The highest BCUT2D eigenvalue weighted by atomic mass is 32.1. The Balaban J connectivity index is 1.58. The molecule has 1 spiro atoms. The molecule has 1 aromatic heterocycles. The number of para-hydroxylation sites is 1. The van der Waals surface area contributed by atoms with Gasteiger partial charge in [0.1, 0.15) is 12.1 Å². The molecular weight excluding hydrogens is 388 g/mol. The molecule has 0 bridgehead atoms. The van der Waals surface area contributed by atoms with Crippen molar-refractivity contribution in [3.63, 3.8) is 0 Å². The van der Waals surface area contributed by atoms with Gasteiger partial charge in [0.15, 0.2) is 4.80 Å². The van der Waals surface area contributed by atoms with E-state index in [4.69, 9.17) is 0 Å². The number of hydrogen-bond donors (Lipinski definition) is 1. The lowest BCUT2D eigenvalue weighted by Crippen LogP contribution is -2.54. The summed E-state index contributed by atoms with van der Waals surface area (Å²) in [7, 11) is 1.85. The molecule has 2 aliphatic rings. The SMILES string of the molecule is C[C@@H]1CC(C)(C)C[C@@]2(C1)NC(=O)N(CC(=O)N=c1sc3ccccc3n1C)C2=O. The second-order valence-electron chi connectivity index (χ2n) is 9.17. The van der Waals surface area contributed by atoms with Crippen LogP contribution in [0.2, 0.25) is 0 Å². The van der Waals surface area contributed by atoms with E-state index in [-0.39, 0.29) is 17.9 Å². The molecular formula is C21H26N4O3S. The quantitative estimate of drug-likeness (QED) is 0.767. The minimum absolute atomic E-state index is 0.0458. The molecule has 154 valence electrons. The van der Waals surface area contributed by atoms with Gasteiger partial charge < -0.3 is 9.88 Å². The molecule has 2 fully saturated rings. The number of imide groups is 1. The van der Waals surface area contributed by atoms with Crippen molar-refractivity contribution < 1.29 is 14.4 Å². The molecule has 1 saturated carbocycles. The van der Waals surface area contributed by atoms with E-state index in [0.29, 0.717) is 23.6 Å². The fourth-order valence-electron chi connectivity index (χ4n) is 5.12. The van der Waals surface area contributed by atoms with E-state index in [1.807, 2.05) is 35.9 Å². The van der Waals surface area contributed by atoms with Crippen LogP contribution in [0.5, 0.6) is 0 Å². The lowest BCUT2D eigenvalue weighted by Gasteiger charge is -2.43. The topological polar surface area (TPSA) is 83.8 Å². The standard InChI is InChI=1S/C21H26N4O3S/c1-13-9-20(2,3)12-21(10-13)17(27)25(18(28)23-21)11-16(26)22-19-24(4)14-7-5-6-8-15(14)29-19/h5-8,13H,9-12H2,1-4H3,(H,23,28)/t13-,21-/m1/s1. The van der Waals surface area contributed by atoms with Gasteiger partial charge in [-0.05, 0) is 42.7 Å². The molecule has 1 saturated heterocycles. The van der Waals surface area contributed by atoms with Crippen LogP contribution in [0.15, 0.2) is 29.3 Å². The number of fused-ring (bicyclic) bond motifs is 1. The second kappa shape index (κ2) is 6.79. The van der Waals surface area contributed by atoms with Crippen LogP contribution in [0.3, 0.4) is 0 Å². The molecule has 7 nitrogen and oxygen atoms in total. The van der Waals surface area contributed by atoms with E-state index in [1.54, 1.807) is 0 Å². The molecule has 4 rings (SSSR count). The number of thiazole rings is 1. The summed E-state index contributed by atoms with van der Waals surface area (Å²) < 4.78 is 2.87. The van der Waals surface area contributed by atoms with E-state index in [2.05, 4.69) is 31.1 Å². The summed E-state index contributed by atoms with van der Waals surface area (Å²) in [6, 6.07) is 7.30. The van der Waals surface area contributed by atoms with E-state index in [1.165, 1.54) is 11.3 Å². The van der Waals surface area contributed by atoms with Crippen LogP contribution in [0.4, 0.5) is 4.79 Å². The van der Waals surface area contributed by atoms with Crippen molar-refractivity contribution >= 4 is 39.4 Å². The van der Waals surface area contributed by atoms with E-state index >= 15 is 0 Å². The van der Waals surface area contributed by atoms with Gasteiger partial charge in [0.25, 0.3) is 11.8 Å². The number of carbonyl (C=O) groups excluding carboxylic acids is 3. The highest BCUT2D eigenvalue weighted by Crippen LogP contribution is 2.46. The molecule has 1 aromatic carbocycles. The molecule has 4 amide bonds. The van der Waals surface area contributed by atoms with Gasteiger partial charge in [-0.2, -0.15) is 4.99 Å². The van der Waals surface area contributed by atoms with Crippen LogP contribution in [0.25, 0.3) is 10.2 Å². The predicted molar refractivity (Wildman–Crippen MR) is 111 cm³/mol. The van der Waals surface area contributed by atoms with Crippen LogP contribution < -0.4 is 10.1 Å². The first-order valence-electron chi connectivity index (χ1n) is 9.86. The van der Waals surface area contributed by atoms with Gasteiger partial charge in [0.2, 0.25) is 0 Å². The maximum Gasteiger partial charge on any atom is 0.325 e. The highest BCUT2D eigenvalue weighted by Gasteiger charge is 2.56. The van der Waals surface area contributed by atoms with Crippen LogP contribution in [-0.2, 0) is 16.6 Å². The van der Waals surface area contributed by atoms with E-state index < -0.39 is 17.5 Å². The van der Waals surface area contributed by atoms with Crippen molar-refractivity contribution in [1.82, 2.24) is 14.8 Å². The van der Waals surface area contributed by atoms with E-state index in [0.717, 1.165) is 21.5 Å². The third-order valence-electron chi connectivity index (χ3n) is 5.85. The zero-order chi connectivity index (χ0) is 21.0. The Labute approximate surface area is 173 Å². The number of amides is 4. The molecule has 2 atom stereocenters. The fourth-order valence-corrected chi connectivity index (χ4v) is 6.15. The van der Waals surface area contributed by atoms with Gasteiger partial charge >= 0.3 is 6.03 Å². The second-order valence-corrected chi connectivity index (χ2v) is 10.2. The van der Waals surface area contributed by atoms with Gasteiger partial charge in [-0.3, -0.25) is 14.5 Å². The first-order chi connectivity index (χ1) is 13.6. The number of urea groups is 1. The third kappa shape index (κ3) is 3.50. The van der Waals surface area contributed by atoms with Gasteiger partial charge in [-0.1, -0.05) is 44.2 Å². The first kappa shape index (κ1) is 19.8. The average Bonchev–Trinajstić information content (AvgIpc) is 3.03. The Hall–Kier alpha value is -2.48. The zero-order valence-electron chi connectivity index (χ0n) is 17.2. The number of benzene rings is 1.